The highest BCUT2D eigenvalue weighted by Crippen LogP contribution is 2.32. The second kappa shape index (κ2) is 10.6. The fourth-order valence-corrected chi connectivity index (χ4v) is 3.72. The first-order valence-corrected chi connectivity index (χ1v) is 11.1. The van der Waals surface area contributed by atoms with E-state index in [1.165, 1.54) is 18.2 Å². The summed E-state index contributed by atoms with van der Waals surface area (Å²) >= 11 is 0. The highest BCUT2D eigenvalue weighted by molar-refractivity contribution is 6.06. The predicted octanol–water partition coefficient (Wildman–Crippen LogP) is 6.53. The number of nitrogens with one attached hydrogen (secondary N) is 1. The highest BCUT2D eigenvalue weighted by Gasteiger charge is 2.30. The van der Waals surface area contributed by atoms with Crippen LogP contribution in [0.3, 0.4) is 0 Å². The lowest BCUT2D eigenvalue weighted by Gasteiger charge is -2.10. The zero-order valence-corrected chi connectivity index (χ0v) is 19.7. The molecule has 2 heterocycles. The second-order valence-electron chi connectivity index (χ2n) is 8.41. The van der Waals surface area contributed by atoms with E-state index in [1.807, 2.05) is 43.3 Å². The molecule has 0 bridgehead atoms. The Morgan fingerprint density at radius 2 is 1.83 bits per heavy atom. The summed E-state index contributed by atoms with van der Waals surface area (Å²) < 4.78 is 45.1. The molecule has 0 radical (unpaired) electrons. The summed E-state index contributed by atoms with van der Waals surface area (Å²) in [5.74, 6) is 0.841. The lowest BCUT2D eigenvalue weighted by molar-refractivity contribution is -0.137. The van der Waals surface area contributed by atoms with Crippen molar-refractivity contribution >= 4 is 27.9 Å². The lowest BCUT2D eigenvalue weighted by Crippen LogP contribution is -2.09. The number of rotatable bonds is 7. The Bertz CT molecular complexity index is 1410. The first-order valence-electron chi connectivity index (χ1n) is 11.1. The van der Waals surface area contributed by atoms with Crippen molar-refractivity contribution in [3.63, 3.8) is 0 Å². The van der Waals surface area contributed by atoms with Crippen LogP contribution in [0.5, 0.6) is 0 Å². The number of hydrogen-bond donors (Lipinski definition) is 1. The first-order chi connectivity index (χ1) is 17.2. The number of benzene rings is 2. The van der Waals surface area contributed by atoms with E-state index in [4.69, 9.17) is 4.42 Å². The SMILES string of the molecule is CN(C)Cc1ccc(C(=CC=CC(=O)Nc2cccc3cnccc23)c2ccc(C(F)(F)F)cc2)o1. The van der Waals surface area contributed by atoms with Gasteiger partial charge in [0, 0.05) is 40.5 Å². The van der Waals surface area contributed by atoms with Gasteiger partial charge >= 0.3 is 6.18 Å². The third kappa shape index (κ3) is 6.09. The van der Waals surface area contributed by atoms with Gasteiger partial charge < -0.3 is 14.6 Å². The maximum Gasteiger partial charge on any atom is 0.416 e. The second-order valence-corrected chi connectivity index (χ2v) is 8.41. The quantitative estimate of drug-likeness (QED) is 0.236. The van der Waals surface area contributed by atoms with Gasteiger partial charge in [-0.2, -0.15) is 13.2 Å². The fraction of sp³-hybridized carbons (Fsp3) is 0.143. The van der Waals surface area contributed by atoms with Crippen LogP contribution in [0.2, 0.25) is 0 Å². The van der Waals surface area contributed by atoms with E-state index in [0.717, 1.165) is 22.9 Å². The number of halogens is 3. The molecule has 8 heteroatoms. The molecule has 0 saturated heterocycles. The number of anilines is 1. The van der Waals surface area contributed by atoms with Crippen LogP contribution in [0.4, 0.5) is 18.9 Å². The van der Waals surface area contributed by atoms with Crippen molar-refractivity contribution in [3.05, 3.63) is 114 Å². The Morgan fingerprint density at radius 1 is 1.06 bits per heavy atom. The van der Waals surface area contributed by atoms with E-state index in [1.54, 1.807) is 36.7 Å². The normalized spacial score (nSPS) is 12.6. The summed E-state index contributed by atoms with van der Waals surface area (Å²) in [4.78, 5) is 18.6. The molecule has 2 aromatic heterocycles. The molecular weight excluding hydrogens is 467 g/mol. The number of amides is 1. The molecule has 1 N–H and O–H groups in total. The summed E-state index contributed by atoms with van der Waals surface area (Å²) in [5.41, 5.74) is 0.990. The molecule has 2 aromatic carbocycles. The molecule has 0 aliphatic rings. The average molecular weight is 492 g/mol. The zero-order valence-electron chi connectivity index (χ0n) is 19.7. The Morgan fingerprint density at radius 3 is 2.56 bits per heavy atom. The molecule has 0 aliphatic heterocycles. The molecule has 0 atom stereocenters. The molecule has 184 valence electrons. The molecule has 0 saturated carbocycles. The average Bonchev–Trinajstić information content (AvgIpc) is 3.29. The van der Waals surface area contributed by atoms with Crippen molar-refractivity contribution in [2.75, 3.05) is 19.4 Å². The number of alkyl halides is 3. The molecule has 1 amide bonds. The van der Waals surface area contributed by atoms with Crippen LogP contribution >= 0.6 is 0 Å². The summed E-state index contributed by atoms with van der Waals surface area (Å²) in [6.45, 7) is 0.569. The van der Waals surface area contributed by atoms with Crippen molar-refractivity contribution in [3.8, 4) is 0 Å². The van der Waals surface area contributed by atoms with E-state index in [2.05, 4.69) is 10.3 Å². The van der Waals surface area contributed by atoms with Gasteiger partial charge in [0.05, 0.1) is 12.1 Å². The maximum absolute atomic E-state index is 13.0. The fourth-order valence-electron chi connectivity index (χ4n) is 3.72. The molecule has 4 rings (SSSR count). The van der Waals surface area contributed by atoms with Crippen LogP contribution in [-0.2, 0) is 17.5 Å². The minimum absolute atomic E-state index is 0.352. The maximum atomic E-state index is 13.0. The number of carbonyl (C=O) groups excluding carboxylic acids is 1. The predicted molar refractivity (Wildman–Crippen MR) is 134 cm³/mol. The van der Waals surface area contributed by atoms with E-state index in [0.29, 0.717) is 34.9 Å². The number of aromatic nitrogens is 1. The van der Waals surface area contributed by atoms with Gasteiger partial charge in [0.1, 0.15) is 11.5 Å². The minimum atomic E-state index is -4.43. The molecule has 4 aromatic rings. The highest BCUT2D eigenvalue weighted by atomic mass is 19.4. The lowest BCUT2D eigenvalue weighted by atomic mass is 10.0. The molecule has 0 aliphatic carbocycles. The van der Waals surface area contributed by atoms with E-state index < -0.39 is 11.7 Å². The third-order valence-corrected chi connectivity index (χ3v) is 5.37. The Hall–Kier alpha value is -4.17. The monoisotopic (exact) mass is 491 g/mol. The van der Waals surface area contributed by atoms with Crippen molar-refractivity contribution in [2.24, 2.45) is 0 Å². The van der Waals surface area contributed by atoms with Gasteiger partial charge in [0.2, 0.25) is 5.91 Å². The molecule has 0 unspecified atom stereocenters. The van der Waals surface area contributed by atoms with Crippen molar-refractivity contribution in [1.29, 1.82) is 0 Å². The van der Waals surface area contributed by atoms with Crippen LogP contribution in [0.25, 0.3) is 16.3 Å². The van der Waals surface area contributed by atoms with Gasteiger partial charge in [-0.25, -0.2) is 0 Å². The standard InChI is InChI=1S/C28H24F3N3O2/c1-34(2)18-22-13-14-26(36-22)24(19-9-11-21(12-10-19)28(29,30)31)6-4-8-27(35)33-25-7-3-5-20-17-32-16-15-23(20)25/h3-17H,18H2,1-2H3,(H,33,35). The largest absolute Gasteiger partial charge is 0.460 e. The number of allylic oxidation sites excluding steroid dienone is 2. The summed E-state index contributed by atoms with van der Waals surface area (Å²) in [6.07, 6.45) is 3.49. The number of fused-ring (bicyclic) bond motifs is 1. The van der Waals surface area contributed by atoms with Gasteiger partial charge in [-0.1, -0.05) is 36.4 Å². The van der Waals surface area contributed by atoms with Gasteiger partial charge in [0.15, 0.2) is 0 Å². The molecule has 0 spiro atoms. The van der Waals surface area contributed by atoms with E-state index in [-0.39, 0.29) is 5.91 Å². The topological polar surface area (TPSA) is 58.4 Å². The molecule has 5 nitrogen and oxygen atoms in total. The van der Waals surface area contributed by atoms with Gasteiger partial charge in [-0.3, -0.25) is 9.78 Å². The number of furan rings is 1. The van der Waals surface area contributed by atoms with Crippen molar-refractivity contribution in [1.82, 2.24) is 9.88 Å². The van der Waals surface area contributed by atoms with Crippen LogP contribution in [-0.4, -0.2) is 29.9 Å². The minimum Gasteiger partial charge on any atom is -0.460 e. The van der Waals surface area contributed by atoms with Crippen molar-refractivity contribution in [2.45, 2.75) is 12.7 Å². The van der Waals surface area contributed by atoms with Crippen LogP contribution in [0, 0.1) is 0 Å². The van der Waals surface area contributed by atoms with Gasteiger partial charge in [-0.15, -0.1) is 0 Å². The summed E-state index contributed by atoms with van der Waals surface area (Å²) in [7, 11) is 3.81. The summed E-state index contributed by atoms with van der Waals surface area (Å²) in [5, 5.41) is 4.61. The Kier molecular flexibility index (Phi) is 7.36. The zero-order chi connectivity index (χ0) is 25.7. The molecule has 0 fully saturated rings. The van der Waals surface area contributed by atoms with E-state index >= 15 is 0 Å². The van der Waals surface area contributed by atoms with Gasteiger partial charge in [-0.05, 0) is 56.1 Å². The van der Waals surface area contributed by atoms with Crippen LogP contribution in [0.1, 0.15) is 22.6 Å². The third-order valence-electron chi connectivity index (χ3n) is 5.37. The number of carbonyl (C=O) groups is 1. The number of pyridine rings is 1. The van der Waals surface area contributed by atoms with Crippen LogP contribution < -0.4 is 5.32 Å². The van der Waals surface area contributed by atoms with E-state index in [9.17, 15) is 18.0 Å². The summed E-state index contributed by atoms with van der Waals surface area (Å²) in [6, 6.07) is 15.8. The number of nitrogens with zero attached hydrogens (tertiary/aromatic N) is 2. The van der Waals surface area contributed by atoms with Crippen LogP contribution in [0.15, 0.2) is 95.7 Å². The Labute approximate surface area is 206 Å². The number of hydrogen-bond acceptors (Lipinski definition) is 4. The van der Waals surface area contributed by atoms with Crippen molar-refractivity contribution < 1.29 is 22.4 Å². The molecule has 36 heavy (non-hydrogen) atoms. The smallest absolute Gasteiger partial charge is 0.416 e. The first kappa shape index (κ1) is 24.9. The Balaban J connectivity index is 1.61. The molecular formula is C28H24F3N3O2. The van der Waals surface area contributed by atoms with Gasteiger partial charge in [0.25, 0.3) is 0 Å².